The predicted octanol–water partition coefficient (Wildman–Crippen LogP) is 3.81. The Kier molecular flexibility index (Phi) is 6.02. The lowest BCUT2D eigenvalue weighted by Gasteiger charge is -2.08. The first-order chi connectivity index (χ1) is 7.38. The molecule has 0 amide bonds. The molecule has 0 aliphatic heterocycles. The molecule has 0 atom stereocenters. The van der Waals surface area contributed by atoms with Gasteiger partial charge in [0.15, 0.2) is 0 Å². The Balaban J connectivity index is 2.51. The van der Waals surface area contributed by atoms with E-state index < -0.39 is 0 Å². The van der Waals surface area contributed by atoms with Gasteiger partial charge in [0.2, 0.25) is 0 Å². The van der Waals surface area contributed by atoms with Gasteiger partial charge < -0.3 is 4.74 Å². The fraction of sp³-hybridized carbons (Fsp3) is 0.385. The van der Waals surface area contributed by atoms with E-state index in [1.807, 2.05) is 31.2 Å². The molecule has 0 saturated carbocycles. The van der Waals surface area contributed by atoms with Crippen LogP contribution in [0.25, 0.3) is 6.08 Å². The van der Waals surface area contributed by atoms with Crippen LogP contribution in [0, 0.1) is 0 Å². The molecule has 0 spiro atoms. The summed E-state index contributed by atoms with van der Waals surface area (Å²) < 4.78 is 5.71. The number of hydrogen-bond donors (Lipinski definition) is 1. The standard InChI is InChI=1S/C13H18OS/c1-2-7-12-8-3-4-9-13(12)14-10-5-6-11-15/h2-4,7-9,15H,5-6,10-11H2,1H3. The van der Waals surface area contributed by atoms with E-state index in [-0.39, 0.29) is 0 Å². The topological polar surface area (TPSA) is 9.23 Å². The fourth-order valence-electron chi connectivity index (χ4n) is 1.33. The Morgan fingerprint density at radius 1 is 1.27 bits per heavy atom. The maximum Gasteiger partial charge on any atom is 0.126 e. The Morgan fingerprint density at radius 2 is 2.07 bits per heavy atom. The predicted molar refractivity (Wildman–Crippen MR) is 69.7 cm³/mol. The summed E-state index contributed by atoms with van der Waals surface area (Å²) in [6.45, 7) is 2.78. The molecule has 0 fully saturated rings. The van der Waals surface area contributed by atoms with E-state index in [4.69, 9.17) is 4.74 Å². The van der Waals surface area contributed by atoms with Gasteiger partial charge in [-0.05, 0) is 31.6 Å². The van der Waals surface area contributed by atoms with Crippen molar-refractivity contribution in [2.45, 2.75) is 19.8 Å². The van der Waals surface area contributed by atoms with Crippen molar-refractivity contribution in [1.82, 2.24) is 0 Å². The second-order valence-corrected chi connectivity index (χ2v) is 3.76. The van der Waals surface area contributed by atoms with Gasteiger partial charge in [0.1, 0.15) is 5.75 Å². The van der Waals surface area contributed by atoms with Gasteiger partial charge >= 0.3 is 0 Å². The van der Waals surface area contributed by atoms with Crippen molar-refractivity contribution < 1.29 is 4.74 Å². The number of benzene rings is 1. The van der Waals surface area contributed by atoms with E-state index in [9.17, 15) is 0 Å². The molecule has 0 N–H and O–H groups in total. The maximum absolute atomic E-state index is 5.71. The molecule has 1 aromatic carbocycles. The van der Waals surface area contributed by atoms with Gasteiger partial charge in [-0.3, -0.25) is 0 Å². The maximum atomic E-state index is 5.71. The zero-order chi connectivity index (χ0) is 10.9. The van der Waals surface area contributed by atoms with Gasteiger partial charge in [0, 0.05) is 5.56 Å². The summed E-state index contributed by atoms with van der Waals surface area (Å²) in [6, 6.07) is 8.10. The molecule has 0 bridgehead atoms. The fourth-order valence-corrected chi connectivity index (χ4v) is 1.55. The van der Waals surface area contributed by atoms with Crippen molar-refractivity contribution in [1.29, 1.82) is 0 Å². The number of unbranched alkanes of at least 4 members (excludes halogenated alkanes) is 1. The summed E-state index contributed by atoms with van der Waals surface area (Å²) in [5.41, 5.74) is 1.14. The van der Waals surface area contributed by atoms with Crippen LogP contribution in [0.1, 0.15) is 25.3 Å². The van der Waals surface area contributed by atoms with Crippen molar-refractivity contribution >= 4 is 18.7 Å². The zero-order valence-electron chi connectivity index (χ0n) is 9.15. The van der Waals surface area contributed by atoms with Gasteiger partial charge in [-0.25, -0.2) is 0 Å². The number of ether oxygens (including phenoxy) is 1. The molecule has 0 aliphatic rings. The highest BCUT2D eigenvalue weighted by Crippen LogP contribution is 2.19. The van der Waals surface area contributed by atoms with E-state index in [1.54, 1.807) is 0 Å². The van der Waals surface area contributed by atoms with Crippen molar-refractivity contribution in [3.8, 4) is 5.75 Å². The highest BCUT2D eigenvalue weighted by atomic mass is 32.1. The third-order valence-electron chi connectivity index (χ3n) is 2.08. The first kappa shape index (κ1) is 12.2. The molecule has 0 saturated heterocycles. The van der Waals surface area contributed by atoms with Crippen LogP contribution in [-0.4, -0.2) is 12.4 Å². The first-order valence-corrected chi connectivity index (χ1v) is 5.97. The minimum atomic E-state index is 0.773. The number of hydrogen-bond acceptors (Lipinski definition) is 2. The zero-order valence-corrected chi connectivity index (χ0v) is 10.0. The summed E-state index contributed by atoms with van der Waals surface area (Å²) in [7, 11) is 0. The monoisotopic (exact) mass is 222 g/mol. The molecule has 1 rings (SSSR count). The molecule has 0 aliphatic carbocycles. The molecule has 0 heterocycles. The van der Waals surface area contributed by atoms with Crippen LogP contribution in [0.2, 0.25) is 0 Å². The normalized spacial score (nSPS) is 10.8. The largest absolute Gasteiger partial charge is 0.493 e. The van der Waals surface area contributed by atoms with Crippen molar-refractivity contribution in [3.63, 3.8) is 0 Å². The molecular weight excluding hydrogens is 204 g/mol. The minimum Gasteiger partial charge on any atom is -0.493 e. The molecule has 2 heteroatoms. The lowest BCUT2D eigenvalue weighted by atomic mass is 10.2. The van der Waals surface area contributed by atoms with E-state index in [2.05, 4.69) is 24.8 Å². The lowest BCUT2D eigenvalue weighted by Crippen LogP contribution is -1.98. The quantitative estimate of drug-likeness (QED) is 0.569. The first-order valence-electron chi connectivity index (χ1n) is 5.34. The Bertz CT molecular complexity index is 307. The summed E-state index contributed by atoms with van der Waals surface area (Å²) in [4.78, 5) is 0. The van der Waals surface area contributed by atoms with Crippen LogP contribution < -0.4 is 4.74 Å². The molecule has 15 heavy (non-hydrogen) atoms. The van der Waals surface area contributed by atoms with Gasteiger partial charge in [-0.15, -0.1) is 0 Å². The SMILES string of the molecule is CC=Cc1ccccc1OCCCCS. The van der Waals surface area contributed by atoms with Gasteiger partial charge in [-0.1, -0.05) is 30.4 Å². The van der Waals surface area contributed by atoms with Crippen LogP contribution in [0.4, 0.5) is 0 Å². The summed E-state index contributed by atoms with van der Waals surface area (Å²) >= 11 is 4.17. The van der Waals surface area contributed by atoms with Crippen LogP contribution in [0.5, 0.6) is 5.75 Å². The number of rotatable bonds is 6. The van der Waals surface area contributed by atoms with E-state index >= 15 is 0 Å². The third kappa shape index (κ3) is 4.43. The third-order valence-corrected chi connectivity index (χ3v) is 2.39. The second-order valence-electron chi connectivity index (χ2n) is 3.32. The van der Waals surface area contributed by atoms with Gasteiger partial charge in [-0.2, -0.15) is 12.6 Å². The van der Waals surface area contributed by atoms with Crippen LogP contribution in [0.3, 0.4) is 0 Å². The average molecular weight is 222 g/mol. The number of thiol groups is 1. The van der Waals surface area contributed by atoms with E-state index in [1.165, 1.54) is 0 Å². The Morgan fingerprint density at radius 3 is 2.80 bits per heavy atom. The molecular formula is C13H18OS. The van der Waals surface area contributed by atoms with E-state index in [0.29, 0.717) is 0 Å². The van der Waals surface area contributed by atoms with Crippen molar-refractivity contribution in [2.75, 3.05) is 12.4 Å². The number of allylic oxidation sites excluding steroid dienone is 1. The molecule has 0 radical (unpaired) electrons. The lowest BCUT2D eigenvalue weighted by molar-refractivity contribution is 0.309. The Labute approximate surface area is 97.6 Å². The number of para-hydroxylation sites is 1. The summed E-state index contributed by atoms with van der Waals surface area (Å²) in [5, 5.41) is 0. The van der Waals surface area contributed by atoms with Gasteiger partial charge in [0.05, 0.1) is 6.61 Å². The summed E-state index contributed by atoms with van der Waals surface area (Å²) in [6.07, 6.45) is 6.26. The Hall–Kier alpha value is -0.890. The van der Waals surface area contributed by atoms with Gasteiger partial charge in [0.25, 0.3) is 0 Å². The van der Waals surface area contributed by atoms with Crippen LogP contribution in [-0.2, 0) is 0 Å². The second kappa shape index (κ2) is 7.41. The van der Waals surface area contributed by atoms with Crippen molar-refractivity contribution in [3.05, 3.63) is 35.9 Å². The van der Waals surface area contributed by atoms with E-state index in [0.717, 1.165) is 36.5 Å². The van der Waals surface area contributed by atoms with Crippen LogP contribution >= 0.6 is 12.6 Å². The smallest absolute Gasteiger partial charge is 0.126 e. The molecule has 0 unspecified atom stereocenters. The molecule has 82 valence electrons. The summed E-state index contributed by atoms with van der Waals surface area (Å²) in [5.74, 6) is 1.90. The molecule has 1 aromatic rings. The molecule has 1 nitrogen and oxygen atoms in total. The highest BCUT2D eigenvalue weighted by molar-refractivity contribution is 7.80. The minimum absolute atomic E-state index is 0.773. The highest BCUT2D eigenvalue weighted by Gasteiger charge is 1.98. The van der Waals surface area contributed by atoms with Crippen molar-refractivity contribution in [2.24, 2.45) is 0 Å². The van der Waals surface area contributed by atoms with Crippen LogP contribution in [0.15, 0.2) is 30.3 Å². The average Bonchev–Trinajstić information content (AvgIpc) is 2.27. The molecule has 0 aromatic heterocycles.